The topological polar surface area (TPSA) is 132 Å². The molecule has 0 radical (unpaired) electrons. The molecule has 0 bridgehead atoms. The number of para-hydroxylation sites is 2. The zero-order chi connectivity index (χ0) is 23.4. The van der Waals surface area contributed by atoms with E-state index in [1.807, 2.05) is 48.5 Å². The summed E-state index contributed by atoms with van der Waals surface area (Å²) in [5.74, 6) is -2.95. The quantitative estimate of drug-likeness (QED) is 0.297. The normalized spacial score (nSPS) is 10.1. The average Bonchev–Trinajstić information content (AvgIpc) is 2.83. The fraction of sp³-hybridized carbons (Fsp3) is 0. The van der Waals surface area contributed by atoms with E-state index in [2.05, 4.69) is 34.2 Å². The van der Waals surface area contributed by atoms with Crippen molar-refractivity contribution >= 4 is 39.4 Å². The van der Waals surface area contributed by atoms with Gasteiger partial charge in [0.05, 0.1) is 34.4 Å². The van der Waals surface area contributed by atoms with Crippen LogP contribution in [-0.4, -0.2) is 21.9 Å². The molecule has 8 heteroatoms. The summed E-state index contributed by atoms with van der Waals surface area (Å²) in [4.78, 5) is 30.1. The molecule has 0 amide bonds. The van der Waals surface area contributed by atoms with Crippen LogP contribution < -0.4 is 15.9 Å². The van der Waals surface area contributed by atoms with E-state index in [0.29, 0.717) is 0 Å². The zero-order valence-corrected chi connectivity index (χ0v) is 20.9. The molecule has 2 aromatic heterocycles. The van der Waals surface area contributed by atoms with Gasteiger partial charge in [-0.1, -0.05) is 48.5 Å². The number of carbonyl (C=O) groups is 2. The number of hydrogen-bond donors (Lipinski definition) is 1. The molecule has 162 valence electrons. The first-order chi connectivity index (χ1) is 15.9. The minimum Gasteiger partial charge on any atom is -0.545 e. The zero-order valence-electron chi connectivity index (χ0n) is 18.0. The van der Waals surface area contributed by atoms with Crippen LogP contribution >= 0.6 is 0 Å². The number of carboxylic acids is 2. The summed E-state index contributed by atoms with van der Waals surface area (Å²) in [5.41, 5.74) is 8.56. The van der Waals surface area contributed by atoms with Crippen molar-refractivity contribution in [3.8, 4) is 11.4 Å². The fourth-order valence-corrected chi connectivity index (χ4v) is 3.30. The van der Waals surface area contributed by atoms with Gasteiger partial charge in [-0.05, 0) is 53.6 Å². The van der Waals surface area contributed by atoms with E-state index in [-0.39, 0.29) is 36.3 Å². The minimum absolute atomic E-state index is 0. The molecule has 0 atom stereocenters. The third-order valence-electron chi connectivity index (χ3n) is 4.89. The number of benzene rings is 3. The van der Waals surface area contributed by atoms with E-state index in [0.717, 1.165) is 51.4 Å². The van der Waals surface area contributed by atoms with Gasteiger partial charge in [0.1, 0.15) is 0 Å². The summed E-state index contributed by atoms with van der Waals surface area (Å²) < 4.78 is 0. The molecule has 0 spiro atoms. The Balaban J connectivity index is 0.000000204. The molecule has 0 aliphatic rings. The molecule has 2 heterocycles. The number of nitrogens with zero attached hydrogens (tertiary/aromatic N) is 2. The molecule has 5 aromatic rings. The maximum Gasteiger partial charge on any atom is 2.00 e. The summed E-state index contributed by atoms with van der Waals surface area (Å²) in [7, 11) is 0. The van der Waals surface area contributed by atoms with E-state index in [4.69, 9.17) is 5.73 Å². The van der Waals surface area contributed by atoms with Gasteiger partial charge in [-0.2, -0.15) is 0 Å². The van der Waals surface area contributed by atoms with Crippen molar-refractivity contribution in [1.29, 1.82) is 0 Å². The molecule has 0 saturated carbocycles. The van der Waals surface area contributed by atoms with Gasteiger partial charge in [0.15, 0.2) is 0 Å². The number of aromatic carboxylic acids is 2. The van der Waals surface area contributed by atoms with Gasteiger partial charge in [-0.15, -0.1) is 0 Å². The van der Waals surface area contributed by atoms with Crippen LogP contribution in [0.15, 0.2) is 91.0 Å². The Labute approximate surface area is 207 Å². The van der Waals surface area contributed by atoms with Crippen LogP contribution in [0, 0.1) is 0 Å². The molecule has 2 N–H and O–H groups in total. The number of hydrogen-bond acceptors (Lipinski definition) is 7. The van der Waals surface area contributed by atoms with Crippen molar-refractivity contribution in [1.82, 2.24) is 9.97 Å². The van der Waals surface area contributed by atoms with Crippen molar-refractivity contribution in [3.05, 3.63) is 102 Å². The van der Waals surface area contributed by atoms with Crippen molar-refractivity contribution < 1.29 is 39.3 Å². The molecule has 0 unspecified atom stereocenters. The first-order valence-electron chi connectivity index (χ1n) is 9.96. The molecular weight excluding hydrogens is 484 g/mol. The predicted molar refractivity (Wildman–Crippen MR) is 122 cm³/mol. The molecular formula is C26H17N3O4Zn. The van der Waals surface area contributed by atoms with E-state index in [9.17, 15) is 19.8 Å². The monoisotopic (exact) mass is 499 g/mol. The van der Waals surface area contributed by atoms with Gasteiger partial charge in [-0.3, -0.25) is 0 Å². The third kappa shape index (κ3) is 5.60. The van der Waals surface area contributed by atoms with Gasteiger partial charge in [0, 0.05) is 16.5 Å². The van der Waals surface area contributed by atoms with E-state index in [1.54, 1.807) is 0 Å². The van der Waals surface area contributed by atoms with E-state index < -0.39 is 11.9 Å². The van der Waals surface area contributed by atoms with Crippen molar-refractivity contribution in [2.24, 2.45) is 0 Å². The third-order valence-corrected chi connectivity index (χ3v) is 4.89. The van der Waals surface area contributed by atoms with Crippen LogP contribution in [-0.2, 0) is 19.5 Å². The molecule has 3 aromatic carbocycles. The van der Waals surface area contributed by atoms with Crippen LogP contribution in [0.4, 0.5) is 5.69 Å². The molecule has 5 rings (SSSR count). The van der Waals surface area contributed by atoms with E-state index >= 15 is 0 Å². The first-order valence-corrected chi connectivity index (χ1v) is 9.96. The second kappa shape index (κ2) is 10.6. The number of carbonyl (C=O) groups excluding carboxylic acids is 2. The maximum atomic E-state index is 10.3. The summed E-state index contributed by atoms with van der Waals surface area (Å²) in [6.45, 7) is 0. The van der Waals surface area contributed by atoms with Gasteiger partial charge < -0.3 is 25.5 Å². The Morgan fingerprint density at radius 3 is 1.44 bits per heavy atom. The summed E-state index contributed by atoms with van der Waals surface area (Å²) in [6.07, 6.45) is 0. The molecule has 0 aliphatic carbocycles. The Hall–Kier alpha value is -4.16. The Kier molecular flexibility index (Phi) is 7.66. The number of rotatable bonds is 3. The summed E-state index contributed by atoms with van der Waals surface area (Å²) >= 11 is 0. The van der Waals surface area contributed by atoms with Crippen LogP contribution in [0.3, 0.4) is 0 Å². The largest absolute Gasteiger partial charge is 2.00 e. The van der Waals surface area contributed by atoms with Crippen LogP contribution in [0.2, 0.25) is 0 Å². The SMILES string of the molecule is Nc1cc(C(=O)[O-])cc(C(=O)[O-])c1.[Zn+2].c1ccc2nc(-c3ccc4ccccc4n3)ccc2c1. The molecule has 0 saturated heterocycles. The maximum absolute atomic E-state index is 10.3. The average molecular weight is 501 g/mol. The first kappa shape index (κ1) is 24.5. The van der Waals surface area contributed by atoms with Crippen molar-refractivity contribution in [2.45, 2.75) is 0 Å². The van der Waals surface area contributed by atoms with Crippen LogP contribution in [0.1, 0.15) is 20.7 Å². The second-order valence-electron chi connectivity index (χ2n) is 7.20. The number of nitrogen functional groups attached to an aromatic ring is 1. The second-order valence-corrected chi connectivity index (χ2v) is 7.20. The van der Waals surface area contributed by atoms with E-state index in [1.165, 1.54) is 0 Å². The summed E-state index contributed by atoms with van der Waals surface area (Å²) in [5, 5.41) is 23.0. The Bertz CT molecular complexity index is 1390. The fourth-order valence-electron chi connectivity index (χ4n) is 3.30. The van der Waals surface area contributed by atoms with Gasteiger partial charge in [0.2, 0.25) is 0 Å². The number of carboxylic acid groups (broad SMARTS) is 2. The number of aromatic nitrogens is 2. The van der Waals surface area contributed by atoms with Crippen molar-refractivity contribution in [3.63, 3.8) is 0 Å². The predicted octanol–water partition coefficient (Wildman–Crippen LogP) is 2.44. The molecule has 34 heavy (non-hydrogen) atoms. The van der Waals surface area contributed by atoms with Crippen LogP contribution in [0.25, 0.3) is 33.2 Å². The molecule has 0 fully saturated rings. The van der Waals surface area contributed by atoms with Gasteiger partial charge >= 0.3 is 19.5 Å². The number of fused-ring (bicyclic) bond motifs is 2. The van der Waals surface area contributed by atoms with Crippen LogP contribution in [0.5, 0.6) is 0 Å². The number of anilines is 1. The smallest absolute Gasteiger partial charge is 0.545 e. The number of pyridine rings is 2. The summed E-state index contributed by atoms with van der Waals surface area (Å²) in [6, 6.07) is 27.7. The van der Waals surface area contributed by atoms with Crippen molar-refractivity contribution in [2.75, 3.05) is 5.73 Å². The Morgan fingerprint density at radius 1 is 0.618 bits per heavy atom. The molecule has 0 aliphatic heterocycles. The Morgan fingerprint density at radius 2 is 1.03 bits per heavy atom. The van der Waals surface area contributed by atoms with Gasteiger partial charge in [0.25, 0.3) is 0 Å². The minimum atomic E-state index is -1.48. The van der Waals surface area contributed by atoms with Gasteiger partial charge in [-0.25, -0.2) is 9.97 Å². The standard InChI is InChI=1S/C18H12N2.C8H7NO4.Zn/c1-3-7-15-13(5-1)9-11-17(19-15)18-12-10-14-6-2-4-8-16(14)20-18;9-6-2-4(7(10)11)1-5(3-6)8(12)13;/h1-12H;1-3H,9H2,(H,10,11)(H,12,13);/q;;+2/p-2. The number of nitrogens with two attached hydrogens (primary N) is 1. The molecule has 7 nitrogen and oxygen atoms in total.